The number of benzene rings is 1. The Hall–Kier alpha value is -1.69. The quantitative estimate of drug-likeness (QED) is 0.891. The number of aliphatic hydroxyl groups is 1. The van der Waals surface area contributed by atoms with Crippen LogP contribution >= 0.6 is 11.6 Å². The zero-order valence-electron chi connectivity index (χ0n) is 13.9. The predicted molar refractivity (Wildman–Crippen MR) is 95.4 cm³/mol. The molecule has 1 aromatic carbocycles. The number of nitrogens with zero attached hydrogens (tertiary/aromatic N) is 2. The number of likely N-dealkylation sites (tertiary alicyclic amines) is 1. The van der Waals surface area contributed by atoms with E-state index in [9.17, 15) is 9.90 Å². The summed E-state index contributed by atoms with van der Waals surface area (Å²) in [5, 5.41) is 14.4. The van der Waals surface area contributed by atoms with Gasteiger partial charge in [-0.15, -0.1) is 0 Å². The van der Waals surface area contributed by atoms with Crippen molar-refractivity contribution >= 4 is 28.4 Å². The number of aromatic nitrogens is 1. The van der Waals surface area contributed by atoms with Crippen LogP contribution in [0.5, 0.6) is 0 Å². The van der Waals surface area contributed by atoms with Crippen molar-refractivity contribution in [1.29, 1.82) is 0 Å². The summed E-state index contributed by atoms with van der Waals surface area (Å²) < 4.78 is 0. The number of carbonyl (C=O) groups is 1. The molecule has 24 heavy (non-hydrogen) atoms. The lowest BCUT2D eigenvalue weighted by Gasteiger charge is -2.25. The van der Waals surface area contributed by atoms with Crippen LogP contribution in [0.4, 0.5) is 0 Å². The first-order chi connectivity index (χ1) is 11.3. The van der Waals surface area contributed by atoms with Crippen LogP contribution in [0.3, 0.4) is 0 Å². The van der Waals surface area contributed by atoms with E-state index in [-0.39, 0.29) is 11.9 Å². The number of β-amino-alcohol motifs (C(OH)–C–C–N with tert-alkyl or cyclic N) is 1. The van der Waals surface area contributed by atoms with Gasteiger partial charge in [0.2, 0.25) is 0 Å². The van der Waals surface area contributed by atoms with Gasteiger partial charge in [0.1, 0.15) is 0 Å². The highest BCUT2D eigenvalue weighted by molar-refractivity contribution is 6.31. The fourth-order valence-electron chi connectivity index (χ4n) is 3.22. The first-order valence-corrected chi connectivity index (χ1v) is 8.49. The molecular formula is C18H22ClN3O2. The number of carbonyl (C=O) groups excluding carboxylic acids is 1. The van der Waals surface area contributed by atoms with Crippen molar-refractivity contribution in [3.05, 3.63) is 41.0 Å². The molecule has 1 aliphatic heterocycles. The summed E-state index contributed by atoms with van der Waals surface area (Å²) in [4.78, 5) is 19.1. The van der Waals surface area contributed by atoms with Crippen molar-refractivity contribution in [2.75, 3.05) is 19.6 Å². The van der Waals surface area contributed by atoms with E-state index in [1.54, 1.807) is 38.2 Å². The van der Waals surface area contributed by atoms with Crippen molar-refractivity contribution in [1.82, 2.24) is 15.2 Å². The van der Waals surface area contributed by atoms with E-state index in [1.807, 2.05) is 6.07 Å². The van der Waals surface area contributed by atoms with Crippen LogP contribution in [0.15, 0.2) is 30.5 Å². The molecule has 5 nitrogen and oxygen atoms in total. The summed E-state index contributed by atoms with van der Waals surface area (Å²) in [5.74, 6) is -0.0974. The molecule has 0 radical (unpaired) electrons. The van der Waals surface area contributed by atoms with Gasteiger partial charge in [-0.1, -0.05) is 17.7 Å². The van der Waals surface area contributed by atoms with Crippen molar-refractivity contribution < 1.29 is 9.90 Å². The van der Waals surface area contributed by atoms with E-state index in [0.717, 1.165) is 24.9 Å². The summed E-state index contributed by atoms with van der Waals surface area (Å²) in [6, 6.07) is 7.18. The second kappa shape index (κ2) is 6.67. The summed E-state index contributed by atoms with van der Waals surface area (Å²) in [6.07, 6.45) is 2.51. The Morgan fingerprint density at radius 3 is 3.00 bits per heavy atom. The Bertz CT molecular complexity index is 758. The normalized spacial score (nSPS) is 18.9. The van der Waals surface area contributed by atoms with Gasteiger partial charge in [0.15, 0.2) is 0 Å². The van der Waals surface area contributed by atoms with Gasteiger partial charge in [-0.25, -0.2) is 0 Å². The van der Waals surface area contributed by atoms with Crippen LogP contribution < -0.4 is 5.32 Å². The Morgan fingerprint density at radius 2 is 2.25 bits per heavy atom. The molecule has 128 valence electrons. The van der Waals surface area contributed by atoms with Crippen LogP contribution in [-0.2, 0) is 0 Å². The van der Waals surface area contributed by atoms with Gasteiger partial charge in [0.25, 0.3) is 5.91 Å². The SMILES string of the molecule is CC(C)(O)CN1CC[C@H](NC(=O)c2ccnc3cc(Cl)ccc23)C1. The van der Waals surface area contributed by atoms with Gasteiger partial charge in [-0.3, -0.25) is 14.7 Å². The topological polar surface area (TPSA) is 65.5 Å². The molecule has 0 spiro atoms. The molecule has 6 heteroatoms. The van der Waals surface area contributed by atoms with Gasteiger partial charge >= 0.3 is 0 Å². The molecule has 3 rings (SSSR count). The van der Waals surface area contributed by atoms with Crippen LogP contribution in [-0.4, -0.2) is 52.2 Å². The second-order valence-corrected chi connectivity index (χ2v) is 7.46. The van der Waals surface area contributed by atoms with Gasteiger partial charge in [0, 0.05) is 42.3 Å². The molecule has 0 saturated carbocycles. The van der Waals surface area contributed by atoms with E-state index >= 15 is 0 Å². The average molecular weight is 348 g/mol. The number of pyridine rings is 1. The second-order valence-electron chi connectivity index (χ2n) is 7.03. The maximum Gasteiger partial charge on any atom is 0.252 e. The van der Waals surface area contributed by atoms with E-state index in [4.69, 9.17) is 11.6 Å². The molecule has 1 amide bonds. The summed E-state index contributed by atoms with van der Waals surface area (Å²) >= 11 is 5.99. The lowest BCUT2D eigenvalue weighted by atomic mass is 10.1. The minimum absolute atomic E-state index is 0.0929. The van der Waals surface area contributed by atoms with E-state index in [2.05, 4.69) is 15.2 Å². The number of rotatable bonds is 4. The minimum Gasteiger partial charge on any atom is -0.389 e. The lowest BCUT2D eigenvalue weighted by molar-refractivity contribution is 0.0433. The fourth-order valence-corrected chi connectivity index (χ4v) is 3.39. The zero-order valence-corrected chi connectivity index (χ0v) is 14.7. The Kier molecular flexibility index (Phi) is 4.76. The van der Waals surface area contributed by atoms with Crippen LogP contribution in [0.1, 0.15) is 30.6 Å². The fraction of sp³-hybridized carbons (Fsp3) is 0.444. The number of hydrogen-bond acceptors (Lipinski definition) is 4. The van der Waals surface area contributed by atoms with Gasteiger partial charge < -0.3 is 10.4 Å². The Balaban J connectivity index is 1.70. The van der Waals surface area contributed by atoms with Crippen LogP contribution in [0.2, 0.25) is 5.02 Å². The van der Waals surface area contributed by atoms with Crippen LogP contribution in [0.25, 0.3) is 10.9 Å². The first kappa shape index (κ1) is 17.1. The van der Waals surface area contributed by atoms with Gasteiger partial charge in [0.05, 0.1) is 16.7 Å². The standard InChI is InChI=1S/C18H22ClN3O2/c1-18(2,24)11-22-8-6-13(10-22)21-17(23)15-5-7-20-16-9-12(19)3-4-14(15)16/h3-5,7,9,13,24H,6,8,10-11H2,1-2H3,(H,21,23)/t13-/m0/s1. The molecular weight excluding hydrogens is 326 g/mol. The van der Waals surface area contributed by atoms with Gasteiger partial charge in [-0.2, -0.15) is 0 Å². The van der Waals surface area contributed by atoms with E-state index in [1.165, 1.54) is 0 Å². The largest absolute Gasteiger partial charge is 0.389 e. The highest BCUT2D eigenvalue weighted by atomic mass is 35.5. The highest BCUT2D eigenvalue weighted by Gasteiger charge is 2.28. The van der Waals surface area contributed by atoms with Crippen LogP contribution in [0, 0.1) is 0 Å². The zero-order chi connectivity index (χ0) is 17.3. The molecule has 0 unspecified atom stereocenters. The Labute approximate surface area is 146 Å². The predicted octanol–water partition coefficient (Wildman–Crippen LogP) is 2.46. The molecule has 1 atom stereocenters. The van der Waals surface area contributed by atoms with E-state index in [0.29, 0.717) is 22.6 Å². The monoisotopic (exact) mass is 347 g/mol. The Morgan fingerprint density at radius 1 is 1.46 bits per heavy atom. The summed E-state index contributed by atoms with van der Waals surface area (Å²) in [5.41, 5.74) is 0.599. The maximum absolute atomic E-state index is 12.7. The number of hydrogen-bond donors (Lipinski definition) is 2. The number of fused-ring (bicyclic) bond motifs is 1. The molecule has 0 aliphatic carbocycles. The molecule has 0 bridgehead atoms. The summed E-state index contributed by atoms with van der Waals surface area (Å²) in [6.45, 7) is 5.84. The van der Waals surface area contributed by atoms with E-state index < -0.39 is 5.60 Å². The maximum atomic E-state index is 12.7. The minimum atomic E-state index is -0.723. The van der Waals surface area contributed by atoms with Crippen molar-refractivity contribution in [2.24, 2.45) is 0 Å². The first-order valence-electron chi connectivity index (χ1n) is 8.12. The van der Waals surface area contributed by atoms with Crippen molar-refractivity contribution in [3.63, 3.8) is 0 Å². The smallest absolute Gasteiger partial charge is 0.252 e. The van der Waals surface area contributed by atoms with Gasteiger partial charge in [-0.05, 0) is 38.5 Å². The third-order valence-electron chi connectivity index (χ3n) is 4.17. The number of nitrogens with one attached hydrogen (secondary N) is 1. The molecule has 2 aromatic rings. The number of halogens is 1. The number of amides is 1. The third-order valence-corrected chi connectivity index (χ3v) is 4.40. The summed E-state index contributed by atoms with van der Waals surface area (Å²) in [7, 11) is 0. The average Bonchev–Trinajstić information content (AvgIpc) is 2.91. The van der Waals surface area contributed by atoms with Crippen molar-refractivity contribution in [3.8, 4) is 0 Å². The van der Waals surface area contributed by atoms with Crippen molar-refractivity contribution in [2.45, 2.75) is 31.9 Å². The molecule has 2 heterocycles. The molecule has 1 saturated heterocycles. The molecule has 1 aliphatic rings. The lowest BCUT2D eigenvalue weighted by Crippen LogP contribution is -2.41. The molecule has 1 aromatic heterocycles. The molecule has 2 N–H and O–H groups in total. The third kappa shape index (κ3) is 4.04. The highest BCUT2D eigenvalue weighted by Crippen LogP contribution is 2.21. The molecule has 1 fully saturated rings.